The number of aromatic nitrogens is 2. The Morgan fingerprint density at radius 2 is 1.85 bits per heavy atom. The van der Waals surface area contributed by atoms with Crippen LogP contribution in [0.3, 0.4) is 0 Å². The van der Waals surface area contributed by atoms with Crippen molar-refractivity contribution >= 4 is 17.4 Å². The van der Waals surface area contributed by atoms with E-state index in [0.717, 1.165) is 33.8 Å². The fourth-order valence-electron chi connectivity index (χ4n) is 2.85. The Balaban J connectivity index is 1.82. The van der Waals surface area contributed by atoms with E-state index in [1.807, 2.05) is 87.6 Å². The van der Waals surface area contributed by atoms with Gasteiger partial charge in [0.05, 0.1) is 0 Å². The third-order valence-electron chi connectivity index (χ3n) is 4.22. The standard InChI is InChI=1S/C21H24N4O/c1-15-10-11-16(2)19(12-15)22-20(26)14-25-13-18(21(23-25)24(3)4)17-8-6-5-7-9-17/h5-13H,14H2,1-4H3,(H,22,26). The van der Waals surface area contributed by atoms with Crippen LogP contribution in [0.2, 0.25) is 0 Å². The van der Waals surface area contributed by atoms with E-state index in [9.17, 15) is 4.79 Å². The van der Waals surface area contributed by atoms with Gasteiger partial charge in [0, 0.05) is 31.5 Å². The van der Waals surface area contributed by atoms with E-state index >= 15 is 0 Å². The second kappa shape index (κ2) is 7.44. The summed E-state index contributed by atoms with van der Waals surface area (Å²) < 4.78 is 1.69. The molecule has 1 aromatic heterocycles. The van der Waals surface area contributed by atoms with Crippen molar-refractivity contribution in [3.63, 3.8) is 0 Å². The van der Waals surface area contributed by atoms with E-state index in [4.69, 9.17) is 0 Å². The minimum Gasteiger partial charge on any atom is -0.361 e. The molecule has 3 rings (SSSR count). The van der Waals surface area contributed by atoms with Crippen molar-refractivity contribution < 1.29 is 4.79 Å². The average molecular weight is 348 g/mol. The number of amides is 1. The SMILES string of the molecule is Cc1ccc(C)c(NC(=O)Cn2cc(-c3ccccc3)c(N(C)C)n2)c1. The molecule has 0 aliphatic heterocycles. The van der Waals surface area contributed by atoms with E-state index in [1.165, 1.54) is 0 Å². The lowest BCUT2D eigenvalue weighted by Crippen LogP contribution is -2.20. The number of carbonyl (C=O) groups is 1. The Hall–Kier alpha value is -3.08. The van der Waals surface area contributed by atoms with Crippen molar-refractivity contribution in [1.29, 1.82) is 0 Å². The van der Waals surface area contributed by atoms with Crippen LogP contribution in [0.25, 0.3) is 11.1 Å². The number of carbonyl (C=O) groups excluding carboxylic acids is 1. The van der Waals surface area contributed by atoms with E-state index in [-0.39, 0.29) is 12.5 Å². The zero-order chi connectivity index (χ0) is 18.7. The van der Waals surface area contributed by atoms with Gasteiger partial charge in [0.2, 0.25) is 5.91 Å². The topological polar surface area (TPSA) is 50.2 Å². The van der Waals surface area contributed by atoms with Gasteiger partial charge in [-0.05, 0) is 36.6 Å². The molecule has 0 aliphatic carbocycles. The van der Waals surface area contributed by atoms with E-state index in [2.05, 4.69) is 10.4 Å². The predicted molar refractivity (Wildman–Crippen MR) is 107 cm³/mol. The lowest BCUT2D eigenvalue weighted by atomic mass is 10.1. The Labute approximate surface area is 154 Å². The molecule has 1 N–H and O–H groups in total. The molecule has 1 heterocycles. The summed E-state index contributed by atoms with van der Waals surface area (Å²) in [6.45, 7) is 4.17. The largest absolute Gasteiger partial charge is 0.361 e. The minimum absolute atomic E-state index is 0.0916. The van der Waals surface area contributed by atoms with Crippen molar-refractivity contribution in [3.8, 4) is 11.1 Å². The van der Waals surface area contributed by atoms with Gasteiger partial charge in [-0.15, -0.1) is 0 Å². The predicted octanol–water partition coefficient (Wildman–Crippen LogP) is 3.87. The number of aryl methyl sites for hydroxylation is 2. The molecule has 5 heteroatoms. The summed E-state index contributed by atoms with van der Waals surface area (Å²) >= 11 is 0. The first-order chi connectivity index (χ1) is 12.4. The van der Waals surface area contributed by atoms with Crippen LogP contribution in [0.15, 0.2) is 54.7 Å². The molecule has 0 unspecified atom stereocenters. The summed E-state index contributed by atoms with van der Waals surface area (Å²) in [6.07, 6.45) is 1.92. The fraction of sp³-hybridized carbons (Fsp3) is 0.238. The summed E-state index contributed by atoms with van der Waals surface area (Å²) in [5.41, 5.74) is 5.10. The maximum absolute atomic E-state index is 12.5. The number of hydrogen-bond donors (Lipinski definition) is 1. The van der Waals surface area contributed by atoms with Crippen molar-refractivity contribution in [1.82, 2.24) is 9.78 Å². The van der Waals surface area contributed by atoms with Gasteiger partial charge in [-0.1, -0.05) is 42.5 Å². The number of hydrogen-bond acceptors (Lipinski definition) is 3. The molecule has 0 aliphatic rings. The molecule has 0 fully saturated rings. The Bertz CT molecular complexity index is 913. The van der Waals surface area contributed by atoms with Crippen LogP contribution in [0, 0.1) is 13.8 Å². The summed E-state index contributed by atoms with van der Waals surface area (Å²) in [7, 11) is 3.91. The maximum Gasteiger partial charge on any atom is 0.246 e. The Kier molecular flexibility index (Phi) is 5.07. The molecule has 2 aromatic carbocycles. The molecular weight excluding hydrogens is 324 g/mol. The van der Waals surface area contributed by atoms with Crippen LogP contribution >= 0.6 is 0 Å². The molecule has 3 aromatic rings. The van der Waals surface area contributed by atoms with E-state index in [1.54, 1.807) is 4.68 Å². The Morgan fingerprint density at radius 1 is 1.12 bits per heavy atom. The highest BCUT2D eigenvalue weighted by molar-refractivity contribution is 5.91. The maximum atomic E-state index is 12.5. The normalized spacial score (nSPS) is 10.6. The van der Waals surface area contributed by atoms with Gasteiger partial charge in [0.25, 0.3) is 0 Å². The summed E-state index contributed by atoms with van der Waals surface area (Å²) in [5.74, 6) is 0.752. The van der Waals surface area contributed by atoms with E-state index in [0.29, 0.717) is 0 Å². The molecule has 0 saturated heterocycles. The highest BCUT2D eigenvalue weighted by atomic mass is 16.2. The van der Waals surface area contributed by atoms with Gasteiger partial charge >= 0.3 is 0 Å². The van der Waals surface area contributed by atoms with Gasteiger partial charge in [0.15, 0.2) is 5.82 Å². The van der Waals surface area contributed by atoms with Crippen LogP contribution in [-0.2, 0) is 11.3 Å². The first kappa shape index (κ1) is 17.7. The number of anilines is 2. The summed E-state index contributed by atoms with van der Waals surface area (Å²) in [4.78, 5) is 14.4. The Morgan fingerprint density at radius 3 is 2.54 bits per heavy atom. The lowest BCUT2D eigenvalue weighted by molar-refractivity contribution is -0.116. The highest BCUT2D eigenvalue weighted by Gasteiger charge is 2.14. The molecule has 0 spiro atoms. The fourth-order valence-corrected chi connectivity index (χ4v) is 2.85. The molecule has 134 valence electrons. The molecule has 26 heavy (non-hydrogen) atoms. The van der Waals surface area contributed by atoms with Crippen molar-refractivity contribution in [2.45, 2.75) is 20.4 Å². The van der Waals surface area contributed by atoms with Crippen LogP contribution in [0.1, 0.15) is 11.1 Å². The van der Waals surface area contributed by atoms with Crippen molar-refractivity contribution in [2.75, 3.05) is 24.3 Å². The molecule has 1 amide bonds. The van der Waals surface area contributed by atoms with Gasteiger partial charge < -0.3 is 10.2 Å². The first-order valence-electron chi connectivity index (χ1n) is 8.61. The second-order valence-corrected chi connectivity index (χ2v) is 6.69. The van der Waals surface area contributed by atoms with Gasteiger partial charge in [-0.3, -0.25) is 9.48 Å². The monoisotopic (exact) mass is 348 g/mol. The zero-order valence-corrected chi connectivity index (χ0v) is 15.7. The number of nitrogens with zero attached hydrogens (tertiary/aromatic N) is 3. The lowest BCUT2D eigenvalue weighted by Gasteiger charge is -2.11. The highest BCUT2D eigenvalue weighted by Crippen LogP contribution is 2.28. The number of rotatable bonds is 5. The van der Waals surface area contributed by atoms with Crippen LogP contribution in [0.4, 0.5) is 11.5 Å². The summed E-state index contributed by atoms with van der Waals surface area (Å²) in [5, 5.41) is 7.57. The van der Waals surface area contributed by atoms with Crippen LogP contribution in [0.5, 0.6) is 0 Å². The first-order valence-corrected chi connectivity index (χ1v) is 8.61. The summed E-state index contributed by atoms with van der Waals surface area (Å²) in [6, 6.07) is 16.1. The molecule has 0 saturated carbocycles. The van der Waals surface area contributed by atoms with Gasteiger partial charge in [-0.2, -0.15) is 5.10 Å². The van der Waals surface area contributed by atoms with E-state index < -0.39 is 0 Å². The average Bonchev–Trinajstić information content (AvgIpc) is 3.03. The minimum atomic E-state index is -0.0916. The number of nitrogens with one attached hydrogen (secondary N) is 1. The quantitative estimate of drug-likeness (QED) is 0.761. The molecule has 0 bridgehead atoms. The van der Waals surface area contributed by atoms with Crippen molar-refractivity contribution in [2.24, 2.45) is 0 Å². The van der Waals surface area contributed by atoms with Crippen LogP contribution in [-0.4, -0.2) is 29.8 Å². The third-order valence-corrected chi connectivity index (χ3v) is 4.22. The van der Waals surface area contributed by atoms with Crippen molar-refractivity contribution in [3.05, 3.63) is 65.9 Å². The van der Waals surface area contributed by atoms with Gasteiger partial charge in [-0.25, -0.2) is 0 Å². The molecule has 0 atom stereocenters. The molecule has 5 nitrogen and oxygen atoms in total. The third kappa shape index (κ3) is 3.94. The molecular formula is C21H24N4O. The van der Waals surface area contributed by atoms with Crippen LogP contribution < -0.4 is 10.2 Å². The zero-order valence-electron chi connectivity index (χ0n) is 15.7. The second-order valence-electron chi connectivity index (χ2n) is 6.69. The molecule has 0 radical (unpaired) electrons. The number of benzene rings is 2. The van der Waals surface area contributed by atoms with Gasteiger partial charge in [0.1, 0.15) is 6.54 Å². The smallest absolute Gasteiger partial charge is 0.246 e.